The van der Waals surface area contributed by atoms with Gasteiger partial charge in [0.1, 0.15) is 0 Å². The van der Waals surface area contributed by atoms with Crippen molar-refractivity contribution in [2.45, 2.75) is 6.92 Å². The van der Waals surface area contributed by atoms with E-state index in [-0.39, 0.29) is 17.4 Å². The summed E-state index contributed by atoms with van der Waals surface area (Å²) < 4.78 is 3.92. The summed E-state index contributed by atoms with van der Waals surface area (Å²) in [5.41, 5.74) is 0. The van der Waals surface area contributed by atoms with Gasteiger partial charge in [-0.15, -0.1) is 0 Å². The summed E-state index contributed by atoms with van der Waals surface area (Å²) in [6, 6.07) is 0. The Kier molecular flexibility index (Phi) is 6.76. The van der Waals surface area contributed by atoms with Gasteiger partial charge in [-0.3, -0.25) is 4.79 Å². The van der Waals surface area contributed by atoms with Crippen LogP contribution < -0.4 is 0 Å². The molecule has 0 aromatic carbocycles. The Morgan fingerprint density at radius 3 is 2.09 bits per heavy atom. The van der Waals surface area contributed by atoms with E-state index >= 15 is 0 Å². The third-order valence-corrected chi connectivity index (χ3v) is 0.647. The van der Waals surface area contributed by atoms with Crippen LogP contribution in [0.25, 0.3) is 0 Å². The van der Waals surface area contributed by atoms with Gasteiger partial charge in [-0.05, 0) is 0 Å². The summed E-state index contributed by atoms with van der Waals surface area (Å²) in [6.07, 6.45) is 0.806. The number of esters is 2. The maximum Gasteiger partial charge on any atom is 0.382 e. The van der Waals surface area contributed by atoms with Crippen molar-refractivity contribution in [2.24, 2.45) is 0 Å². The van der Waals surface area contributed by atoms with Gasteiger partial charge in [0.05, 0.1) is 0 Å². The van der Waals surface area contributed by atoms with Crippen LogP contribution in [0.4, 0.5) is 0 Å². The fraction of sp³-hybridized carbons (Fsp3) is 0.167. The Hall–Kier alpha value is -0.918. The van der Waals surface area contributed by atoms with Gasteiger partial charge < -0.3 is 4.74 Å². The zero-order valence-electron chi connectivity index (χ0n) is 5.42. The predicted molar refractivity (Wildman–Crippen MR) is 41.9 cm³/mol. The van der Waals surface area contributed by atoms with Crippen molar-refractivity contribution >= 4 is 35.1 Å². The number of ether oxygens (including phenoxy) is 1. The van der Waals surface area contributed by atoms with Crippen LogP contribution in [0.1, 0.15) is 6.92 Å². The van der Waals surface area contributed by atoms with Crippen molar-refractivity contribution in [2.75, 3.05) is 0 Å². The van der Waals surface area contributed by atoms with E-state index in [1.807, 2.05) is 0 Å². The highest BCUT2D eigenvalue weighted by Crippen LogP contribution is 1.82. The Morgan fingerprint density at radius 2 is 1.82 bits per heavy atom. The molecule has 0 bridgehead atoms. The second-order valence-corrected chi connectivity index (χ2v) is 1.47. The Bertz CT molecular complexity index is 197. The SMILES string of the molecule is C=CC(=O)OC(=O)C(C)=O.[AlH3]. The van der Waals surface area contributed by atoms with Crippen molar-refractivity contribution in [1.29, 1.82) is 0 Å². The first-order chi connectivity index (χ1) is 4.57. The lowest BCUT2D eigenvalue weighted by atomic mass is 10.5. The number of rotatable bonds is 2. The Morgan fingerprint density at radius 1 is 1.36 bits per heavy atom. The van der Waals surface area contributed by atoms with Crippen molar-refractivity contribution < 1.29 is 19.1 Å². The molecule has 0 amide bonds. The first-order valence-corrected chi connectivity index (χ1v) is 2.47. The van der Waals surface area contributed by atoms with Crippen LogP contribution in [0.3, 0.4) is 0 Å². The molecule has 0 aliphatic rings. The zero-order chi connectivity index (χ0) is 8.15. The maximum atomic E-state index is 10.3. The van der Waals surface area contributed by atoms with Crippen molar-refractivity contribution in [3.63, 3.8) is 0 Å². The molecule has 60 valence electrons. The zero-order valence-corrected chi connectivity index (χ0v) is 5.42. The third-order valence-electron chi connectivity index (χ3n) is 0.647. The topological polar surface area (TPSA) is 60.4 Å². The van der Waals surface area contributed by atoms with Crippen LogP contribution in [0.15, 0.2) is 12.7 Å². The molecule has 0 atom stereocenters. The molecule has 5 heteroatoms. The van der Waals surface area contributed by atoms with E-state index in [0.717, 1.165) is 13.0 Å². The molecule has 0 saturated heterocycles. The van der Waals surface area contributed by atoms with Gasteiger partial charge in [-0.2, -0.15) is 0 Å². The molecule has 0 heterocycles. The van der Waals surface area contributed by atoms with E-state index in [4.69, 9.17) is 0 Å². The van der Waals surface area contributed by atoms with Gasteiger partial charge in [-0.1, -0.05) is 6.58 Å². The lowest BCUT2D eigenvalue weighted by molar-refractivity contribution is -0.161. The molecule has 0 aromatic rings. The summed E-state index contributed by atoms with van der Waals surface area (Å²) in [4.78, 5) is 30.6. The lowest BCUT2D eigenvalue weighted by Gasteiger charge is -1.92. The Labute approximate surface area is 74.3 Å². The molecule has 0 fully saturated rings. The van der Waals surface area contributed by atoms with Crippen molar-refractivity contribution in [1.82, 2.24) is 0 Å². The molecular formula is C6H9AlO4. The standard InChI is InChI=1S/C6H6O4.Al.3H/c1-3-5(8)10-6(9)4(2)7;;;;/h3H,1H2,2H3;;;;. The van der Waals surface area contributed by atoms with Crippen LogP contribution in [0.2, 0.25) is 0 Å². The molecule has 0 aliphatic heterocycles. The second-order valence-electron chi connectivity index (χ2n) is 1.47. The van der Waals surface area contributed by atoms with Gasteiger partial charge in [0, 0.05) is 13.0 Å². The van der Waals surface area contributed by atoms with Crippen LogP contribution >= 0.6 is 0 Å². The summed E-state index contributed by atoms with van der Waals surface area (Å²) in [7, 11) is 0. The summed E-state index contributed by atoms with van der Waals surface area (Å²) in [6.45, 7) is 4.05. The maximum absolute atomic E-state index is 10.3. The van der Waals surface area contributed by atoms with E-state index in [9.17, 15) is 14.4 Å². The fourth-order valence-electron chi connectivity index (χ4n) is 0.205. The average Bonchev–Trinajstić information content (AvgIpc) is 1.87. The van der Waals surface area contributed by atoms with Crippen LogP contribution in [0, 0.1) is 0 Å². The summed E-state index contributed by atoms with van der Waals surface area (Å²) in [5, 5.41) is 0. The lowest BCUT2D eigenvalue weighted by Crippen LogP contribution is -2.16. The molecular weight excluding hydrogens is 163 g/mol. The number of Topliss-reactive ketones (excluding diaryl/α,β-unsaturated/α-hetero) is 1. The van der Waals surface area contributed by atoms with E-state index < -0.39 is 17.7 Å². The number of carbonyl (C=O) groups excluding carboxylic acids is 3. The van der Waals surface area contributed by atoms with Gasteiger partial charge in [0.15, 0.2) is 17.4 Å². The molecule has 11 heavy (non-hydrogen) atoms. The fourth-order valence-corrected chi connectivity index (χ4v) is 0.205. The molecule has 0 saturated carbocycles. The van der Waals surface area contributed by atoms with Crippen LogP contribution in [-0.4, -0.2) is 35.1 Å². The van der Waals surface area contributed by atoms with Gasteiger partial charge in [-0.25, -0.2) is 9.59 Å². The molecule has 0 radical (unpaired) electrons. The largest absolute Gasteiger partial charge is 0.384 e. The summed E-state index contributed by atoms with van der Waals surface area (Å²) in [5.74, 6) is -2.89. The van der Waals surface area contributed by atoms with Crippen molar-refractivity contribution in [3.8, 4) is 0 Å². The minimum absolute atomic E-state index is 0. The average molecular weight is 172 g/mol. The molecule has 0 unspecified atom stereocenters. The second kappa shape index (κ2) is 5.84. The molecule has 0 spiro atoms. The molecule has 0 aliphatic carbocycles. The van der Waals surface area contributed by atoms with E-state index in [2.05, 4.69) is 11.3 Å². The van der Waals surface area contributed by atoms with Gasteiger partial charge in [0.2, 0.25) is 5.78 Å². The monoisotopic (exact) mass is 172 g/mol. The number of carbonyl (C=O) groups is 3. The highest BCUT2D eigenvalue weighted by molar-refractivity contribution is 6.34. The molecule has 0 rings (SSSR count). The Balaban J connectivity index is 0. The quantitative estimate of drug-likeness (QED) is 0.170. The molecule has 4 nitrogen and oxygen atoms in total. The smallest absolute Gasteiger partial charge is 0.382 e. The van der Waals surface area contributed by atoms with E-state index in [1.54, 1.807) is 0 Å². The molecule has 0 N–H and O–H groups in total. The third kappa shape index (κ3) is 5.52. The van der Waals surface area contributed by atoms with Crippen LogP contribution in [0.5, 0.6) is 0 Å². The van der Waals surface area contributed by atoms with Gasteiger partial charge in [0.25, 0.3) is 0 Å². The summed E-state index contributed by atoms with van der Waals surface area (Å²) >= 11 is 0. The highest BCUT2D eigenvalue weighted by Gasteiger charge is 2.11. The number of hydrogen-bond acceptors (Lipinski definition) is 4. The number of hydrogen-bond donors (Lipinski definition) is 0. The van der Waals surface area contributed by atoms with Gasteiger partial charge >= 0.3 is 11.9 Å². The predicted octanol–water partition coefficient (Wildman–Crippen LogP) is -1.35. The first kappa shape index (κ1) is 12.7. The van der Waals surface area contributed by atoms with E-state index in [1.165, 1.54) is 0 Å². The number of ketones is 1. The van der Waals surface area contributed by atoms with Crippen LogP contribution in [-0.2, 0) is 19.1 Å². The minimum Gasteiger partial charge on any atom is -0.384 e. The minimum atomic E-state index is -1.16. The van der Waals surface area contributed by atoms with E-state index in [0.29, 0.717) is 0 Å². The normalized spacial score (nSPS) is 7.36. The molecule has 0 aromatic heterocycles. The van der Waals surface area contributed by atoms with Crippen molar-refractivity contribution in [3.05, 3.63) is 12.7 Å². The highest BCUT2D eigenvalue weighted by atomic mass is 27.0. The first-order valence-electron chi connectivity index (χ1n) is 2.47.